The first-order chi connectivity index (χ1) is 6.16. The van der Waals surface area contributed by atoms with E-state index in [1.54, 1.807) is 12.1 Å². The van der Waals surface area contributed by atoms with Crippen LogP contribution in [0.4, 0.5) is 0 Å². The zero-order valence-corrected chi connectivity index (χ0v) is 7.10. The first-order valence-electron chi connectivity index (χ1n) is 3.64. The molecule has 0 saturated carbocycles. The molecule has 0 fully saturated rings. The molecule has 0 aromatic carbocycles. The Morgan fingerprint density at radius 1 is 1.77 bits per heavy atom. The molecule has 1 aromatic heterocycles. The fourth-order valence-corrected chi connectivity index (χ4v) is 0.944. The highest BCUT2D eigenvalue weighted by atomic mass is 16.5. The highest BCUT2D eigenvalue weighted by Crippen LogP contribution is 2.20. The van der Waals surface area contributed by atoms with E-state index < -0.39 is 12.0 Å². The van der Waals surface area contributed by atoms with Gasteiger partial charge in [0.05, 0.1) is 7.11 Å². The van der Waals surface area contributed by atoms with Crippen LogP contribution in [0, 0.1) is 0 Å². The number of rotatable bonds is 3. The molecule has 0 saturated heterocycles. The molecule has 5 nitrogen and oxygen atoms in total. The summed E-state index contributed by atoms with van der Waals surface area (Å²) in [5.74, 6) is -0.858. The Bertz CT molecular complexity index is 314. The van der Waals surface area contributed by atoms with Crippen molar-refractivity contribution < 1.29 is 14.6 Å². The van der Waals surface area contributed by atoms with Crippen molar-refractivity contribution in [2.75, 3.05) is 7.11 Å². The van der Waals surface area contributed by atoms with Crippen molar-refractivity contribution in [2.24, 2.45) is 5.73 Å². The van der Waals surface area contributed by atoms with E-state index in [1.807, 2.05) is 0 Å². The Hall–Kier alpha value is -1.62. The fraction of sp³-hybridized carbons (Fsp3) is 0.250. The van der Waals surface area contributed by atoms with E-state index in [0.717, 1.165) is 0 Å². The third kappa shape index (κ3) is 1.94. The van der Waals surface area contributed by atoms with Crippen molar-refractivity contribution in [1.29, 1.82) is 0 Å². The van der Waals surface area contributed by atoms with Crippen LogP contribution < -0.4 is 10.5 Å². The van der Waals surface area contributed by atoms with Crippen molar-refractivity contribution in [1.82, 2.24) is 4.98 Å². The van der Waals surface area contributed by atoms with Crippen LogP contribution in [0.1, 0.15) is 11.6 Å². The Morgan fingerprint density at radius 2 is 2.46 bits per heavy atom. The number of hydrogen-bond donors (Lipinski definition) is 2. The number of ether oxygens (including phenoxy) is 1. The number of carboxylic acid groups (broad SMARTS) is 1. The van der Waals surface area contributed by atoms with Crippen molar-refractivity contribution >= 4 is 5.97 Å². The van der Waals surface area contributed by atoms with Gasteiger partial charge in [-0.25, -0.2) is 4.98 Å². The summed E-state index contributed by atoms with van der Waals surface area (Å²) in [6.07, 6.45) is 1.51. The van der Waals surface area contributed by atoms with Gasteiger partial charge < -0.3 is 15.6 Å². The Kier molecular flexibility index (Phi) is 2.81. The van der Waals surface area contributed by atoms with Crippen LogP contribution in [0.2, 0.25) is 0 Å². The van der Waals surface area contributed by atoms with Gasteiger partial charge in [0, 0.05) is 11.8 Å². The maximum Gasteiger partial charge on any atom is 0.325 e. The molecule has 0 amide bonds. The van der Waals surface area contributed by atoms with Crippen LogP contribution in [0.5, 0.6) is 5.88 Å². The lowest BCUT2D eigenvalue weighted by Gasteiger charge is -2.09. The van der Waals surface area contributed by atoms with E-state index in [4.69, 9.17) is 15.6 Å². The van der Waals surface area contributed by atoms with E-state index in [2.05, 4.69) is 4.98 Å². The quantitative estimate of drug-likeness (QED) is 0.696. The smallest absolute Gasteiger partial charge is 0.325 e. The van der Waals surface area contributed by atoms with Gasteiger partial charge in [0.25, 0.3) is 0 Å². The molecule has 1 rings (SSSR count). The number of aromatic nitrogens is 1. The molecule has 1 aromatic rings. The molecule has 0 aliphatic carbocycles. The van der Waals surface area contributed by atoms with Crippen LogP contribution in [-0.2, 0) is 4.79 Å². The lowest BCUT2D eigenvalue weighted by molar-refractivity contribution is -0.138. The summed E-state index contributed by atoms with van der Waals surface area (Å²) in [7, 11) is 1.42. The third-order valence-electron chi connectivity index (χ3n) is 1.60. The average Bonchev–Trinajstić information content (AvgIpc) is 2.16. The summed E-state index contributed by atoms with van der Waals surface area (Å²) in [4.78, 5) is 14.4. The molecule has 1 heterocycles. The maximum absolute atomic E-state index is 10.6. The summed E-state index contributed by atoms with van der Waals surface area (Å²) >= 11 is 0. The molecule has 0 radical (unpaired) electrons. The lowest BCUT2D eigenvalue weighted by atomic mass is 10.1. The van der Waals surface area contributed by atoms with Gasteiger partial charge in [-0.1, -0.05) is 0 Å². The first-order valence-corrected chi connectivity index (χ1v) is 3.64. The van der Waals surface area contributed by atoms with Crippen molar-refractivity contribution in [3.05, 3.63) is 23.9 Å². The topological polar surface area (TPSA) is 85.4 Å². The van der Waals surface area contributed by atoms with Gasteiger partial charge in [-0.3, -0.25) is 4.79 Å². The average molecular weight is 182 g/mol. The summed E-state index contributed by atoms with van der Waals surface area (Å²) in [6, 6.07) is 2.09. The summed E-state index contributed by atoms with van der Waals surface area (Å²) in [6.45, 7) is 0. The van der Waals surface area contributed by atoms with Crippen LogP contribution in [0.15, 0.2) is 18.3 Å². The molecule has 5 heteroatoms. The second-order valence-electron chi connectivity index (χ2n) is 2.42. The van der Waals surface area contributed by atoms with Gasteiger partial charge in [0.15, 0.2) is 0 Å². The minimum absolute atomic E-state index is 0.248. The van der Waals surface area contributed by atoms with Gasteiger partial charge in [0.2, 0.25) is 5.88 Å². The number of nitrogens with two attached hydrogens (primary N) is 1. The molecule has 0 unspecified atom stereocenters. The molecular weight excluding hydrogens is 172 g/mol. The minimum Gasteiger partial charge on any atom is -0.481 e. The van der Waals surface area contributed by atoms with E-state index in [9.17, 15) is 4.79 Å². The number of nitrogens with zero attached hydrogens (tertiary/aromatic N) is 1. The molecular formula is C8H10N2O3. The van der Waals surface area contributed by atoms with Crippen LogP contribution in [0.25, 0.3) is 0 Å². The summed E-state index contributed by atoms with van der Waals surface area (Å²) in [5, 5.41) is 8.65. The molecule has 0 bridgehead atoms. The zero-order chi connectivity index (χ0) is 9.84. The highest BCUT2D eigenvalue weighted by Gasteiger charge is 2.18. The van der Waals surface area contributed by atoms with Crippen molar-refractivity contribution in [3.8, 4) is 5.88 Å². The SMILES string of the molecule is COc1ncccc1[C@H](N)C(=O)O. The van der Waals surface area contributed by atoms with Crippen molar-refractivity contribution in [2.45, 2.75) is 6.04 Å². The fourth-order valence-electron chi connectivity index (χ4n) is 0.944. The lowest BCUT2D eigenvalue weighted by Crippen LogP contribution is -2.21. The van der Waals surface area contributed by atoms with Gasteiger partial charge >= 0.3 is 5.97 Å². The van der Waals surface area contributed by atoms with Crippen LogP contribution in [0.3, 0.4) is 0 Å². The molecule has 0 aliphatic heterocycles. The minimum atomic E-state index is -1.11. The Balaban J connectivity index is 3.05. The molecule has 13 heavy (non-hydrogen) atoms. The molecule has 1 atom stereocenters. The maximum atomic E-state index is 10.6. The summed E-state index contributed by atoms with van der Waals surface area (Å²) in [5.41, 5.74) is 5.77. The molecule has 70 valence electrons. The van der Waals surface area contributed by atoms with E-state index in [-0.39, 0.29) is 5.88 Å². The number of carbonyl (C=O) groups is 1. The predicted octanol–water partition coefficient (Wildman–Crippen LogP) is 0.175. The molecule has 0 spiro atoms. The highest BCUT2D eigenvalue weighted by molar-refractivity contribution is 5.75. The number of pyridine rings is 1. The molecule has 3 N–H and O–H groups in total. The summed E-state index contributed by atoms with van der Waals surface area (Å²) < 4.78 is 4.86. The first kappa shape index (κ1) is 9.47. The zero-order valence-electron chi connectivity index (χ0n) is 7.10. The number of hydrogen-bond acceptors (Lipinski definition) is 4. The standard InChI is InChI=1S/C8H10N2O3/c1-13-7-5(3-2-4-10-7)6(9)8(11)12/h2-4,6H,9H2,1H3,(H,11,12)/t6-/m0/s1. The largest absolute Gasteiger partial charge is 0.481 e. The van der Waals surface area contributed by atoms with Crippen LogP contribution >= 0.6 is 0 Å². The van der Waals surface area contributed by atoms with E-state index in [0.29, 0.717) is 5.56 Å². The van der Waals surface area contributed by atoms with Gasteiger partial charge in [0.1, 0.15) is 6.04 Å². The third-order valence-corrected chi connectivity index (χ3v) is 1.60. The van der Waals surface area contributed by atoms with Gasteiger partial charge in [-0.15, -0.1) is 0 Å². The second-order valence-corrected chi connectivity index (χ2v) is 2.42. The molecule has 0 aliphatic rings. The number of aliphatic carboxylic acids is 1. The Labute approximate surface area is 75.2 Å². The van der Waals surface area contributed by atoms with Gasteiger partial charge in [-0.05, 0) is 12.1 Å². The normalized spacial score (nSPS) is 12.2. The number of carboxylic acids is 1. The Morgan fingerprint density at radius 3 is 3.00 bits per heavy atom. The second kappa shape index (κ2) is 3.86. The van der Waals surface area contributed by atoms with Gasteiger partial charge in [-0.2, -0.15) is 0 Å². The number of methoxy groups -OCH3 is 1. The predicted molar refractivity (Wildman–Crippen MR) is 45.4 cm³/mol. The van der Waals surface area contributed by atoms with Crippen molar-refractivity contribution in [3.63, 3.8) is 0 Å². The monoisotopic (exact) mass is 182 g/mol. The van der Waals surface area contributed by atoms with E-state index in [1.165, 1.54) is 13.3 Å². The van der Waals surface area contributed by atoms with E-state index >= 15 is 0 Å². The van der Waals surface area contributed by atoms with Crippen LogP contribution in [-0.4, -0.2) is 23.2 Å².